The minimum atomic E-state index is -3.91. The lowest BCUT2D eigenvalue weighted by atomic mass is 10.1. The maximum absolute atomic E-state index is 13.2. The number of aliphatic hydroxyl groups is 1. The number of hydrogen-bond donors (Lipinski definition) is 1. The Morgan fingerprint density at radius 1 is 1.27 bits per heavy atom. The SMILES string of the molecule is CS(=O)(=O)c1c(F)cc(CCO)cc1F. The Kier molecular flexibility index (Phi) is 3.41. The molecule has 84 valence electrons. The summed E-state index contributed by atoms with van der Waals surface area (Å²) in [6.45, 7) is -0.253. The van der Waals surface area contributed by atoms with E-state index in [1.54, 1.807) is 0 Å². The van der Waals surface area contributed by atoms with Gasteiger partial charge in [0, 0.05) is 12.9 Å². The van der Waals surface area contributed by atoms with Gasteiger partial charge in [-0.05, 0) is 24.1 Å². The fraction of sp³-hybridized carbons (Fsp3) is 0.333. The third kappa shape index (κ3) is 2.73. The molecule has 0 radical (unpaired) electrons. The van der Waals surface area contributed by atoms with E-state index in [-0.39, 0.29) is 18.6 Å². The third-order valence-electron chi connectivity index (χ3n) is 1.83. The van der Waals surface area contributed by atoms with Crippen LogP contribution in [0.5, 0.6) is 0 Å². The molecule has 0 aliphatic rings. The zero-order valence-corrected chi connectivity index (χ0v) is 8.81. The van der Waals surface area contributed by atoms with Gasteiger partial charge in [-0.3, -0.25) is 0 Å². The molecule has 1 N–H and O–H groups in total. The second-order valence-electron chi connectivity index (χ2n) is 3.13. The summed E-state index contributed by atoms with van der Waals surface area (Å²) in [5, 5.41) is 8.57. The summed E-state index contributed by atoms with van der Waals surface area (Å²) >= 11 is 0. The molecule has 0 aromatic heterocycles. The quantitative estimate of drug-likeness (QED) is 0.848. The molecule has 0 bridgehead atoms. The van der Waals surface area contributed by atoms with Gasteiger partial charge in [0.1, 0.15) is 16.5 Å². The fourth-order valence-corrected chi connectivity index (χ4v) is 2.07. The molecule has 0 unspecified atom stereocenters. The Hall–Kier alpha value is -1.01. The van der Waals surface area contributed by atoms with Crippen molar-refractivity contribution in [1.82, 2.24) is 0 Å². The zero-order chi connectivity index (χ0) is 11.6. The van der Waals surface area contributed by atoms with E-state index in [1.807, 2.05) is 0 Å². The highest BCUT2D eigenvalue weighted by molar-refractivity contribution is 7.90. The third-order valence-corrected chi connectivity index (χ3v) is 2.96. The van der Waals surface area contributed by atoms with Crippen LogP contribution in [-0.2, 0) is 16.3 Å². The van der Waals surface area contributed by atoms with Gasteiger partial charge in [0.2, 0.25) is 0 Å². The van der Waals surface area contributed by atoms with Gasteiger partial charge in [0.05, 0.1) is 0 Å². The smallest absolute Gasteiger partial charge is 0.181 e. The molecule has 0 aliphatic carbocycles. The van der Waals surface area contributed by atoms with Crippen molar-refractivity contribution in [3.05, 3.63) is 29.3 Å². The number of hydrogen-bond acceptors (Lipinski definition) is 3. The van der Waals surface area contributed by atoms with Crippen molar-refractivity contribution in [3.63, 3.8) is 0 Å². The van der Waals surface area contributed by atoms with Crippen LogP contribution in [0.4, 0.5) is 8.78 Å². The molecule has 0 heterocycles. The summed E-state index contributed by atoms with van der Waals surface area (Å²) in [5.74, 6) is -2.25. The first-order valence-corrected chi connectivity index (χ1v) is 6.04. The van der Waals surface area contributed by atoms with Crippen molar-refractivity contribution < 1.29 is 22.3 Å². The van der Waals surface area contributed by atoms with Crippen molar-refractivity contribution >= 4 is 9.84 Å². The molecule has 0 saturated heterocycles. The standard InChI is InChI=1S/C9H10F2O3S/c1-15(13,14)9-7(10)4-6(2-3-12)5-8(9)11/h4-5,12H,2-3H2,1H3. The molecule has 15 heavy (non-hydrogen) atoms. The molecule has 0 atom stereocenters. The van der Waals surface area contributed by atoms with Crippen molar-refractivity contribution in [2.75, 3.05) is 12.9 Å². The minimum absolute atomic E-state index is 0.0812. The number of aliphatic hydroxyl groups excluding tert-OH is 1. The molecular weight excluding hydrogens is 226 g/mol. The zero-order valence-electron chi connectivity index (χ0n) is 8.00. The van der Waals surface area contributed by atoms with Crippen molar-refractivity contribution in [2.45, 2.75) is 11.3 Å². The van der Waals surface area contributed by atoms with Crippen LogP contribution in [-0.4, -0.2) is 26.4 Å². The molecule has 0 spiro atoms. The second kappa shape index (κ2) is 4.24. The van der Waals surface area contributed by atoms with E-state index in [2.05, 4.69) is 0 Å². The Labute approximate surface area is 86.3 Å². The molecule has 6 heteroatoms. The van der Waals surface area contributed by atoms with E-state index in [0.717, 1.165) is 18.4 Å². The first-order chi connectivity index (χ1) is 6.86. The van der Waals surface area contributed by atoms with Gasteiger partial charge in [-0.15, -0.1) is 0 Å². The first kappa shape index (κ1) is 12.1. The molecule has 1 rings (SSSR count). The lowest BCUT2D eigenvalue weighted by Crippen LogP contribution is -2.06. The normalized spacial score (nSPS) is 11.7. The van der Waals surface area contributed by atoms with E-state index in [0.29, 0.717) is 0 Å². The summed E-state index contributed by atoms with van der Waals surface area (Å²) in [6.07, 6.45) is 0.818. The number of sulfone groups is 1. The van der Waals surface area contributed by atoms with E-state index < -0.39 is 26.4 Å². The molecule has 3 nitrogen and oxygen atoms in total. The van der Waals surface area contributed by atoms with Crippen LogP contribution in [0, 0.1) is 11.6 Å². The topological polar surface area (TPSA) is 54.4 Å². The largest absolute Gasteiger partial charge is 0.396 e. The highest BCUT2D eigenvalue weighted by Crippen LogP contribution is 2.20. The first-order valence-electron chi connectivity index (χ1n) is 4.15. The average molecular weight is 236 g/mol. The fourth-order valence-electron chi connectivity index (χ4n) is 1.24. The number of benzene rings is 1. The summed E-state index contributed by atoms with van der Waals surface area (Å²) in [4.78, 5) is -0.927. The summed E-state index contributed by atoms with van der Waals surface area (Å²) < 4.78 is 48.5. The molecule has 0 amide bonds. The monoisotopic (exact) mass is 236 g/mol. The molecule has 1 aromatic rings. The van der Waals surface area contributed by atoms with Gasteiger partial charge in [-0.1, -0.05) is 0 Å². The van der Waals surface area contributed by atoms with E-state index in [9.17, 15) is 17.2 Å². The Morgan fingerprint density at radius 2 is 1.73 bits per heavy atom. The predicted octanol–water partition coefficient (Wildman–Crippen LogP) is 0.903. The maximum Gasteiger partial charge on any atom is 0.181 e. The van der Waals surface area contributed by atoms with E-state index in [4.69, 9.17) is 5.11 Å². The molecule has 1 aromatic carbocycles. The van der Waals surface area contributed by atoms with Crippen LogP contribution in [0.2, 0.25) is 0 Å². The van der Waals surface area contributed by atoms with Crippen LogP contribution in [0.25, 0.3) is 0 Å². The van der Waals surface area contributed by atoms with Gasteiger partial charge in [0.15, 0.2) is 9.84 Å². The van der Waals surface area contributed by atoms with Crippen molar-refractivity contribution in [3.8, 4) is 0 Å². The van der Waals surface area contributed by atoms with Gasteiger partial charge in [-0.2, -0.15) is 0 Å². The average Bonchev–Trinajstić information content (AvgIpc) is 1.99. The van der Waals surface area contributed by atoms with Crippen LogP contribution < -0.4 is 0 Å². The number of halogens is 2. The Balaban J connectivity index is 3.34. The Bertz CT molecular complexity index is 445. The highest BCUT2D eigenvalue weighted by atomic mass is 32.2. The van der Waals surface area contributed by atoms with Crippen LogP contribution in [0.3, 0.4) is 0 Å². The summed E-state index contributed by atoms with van der Waals surface area (Å²) in [5.41, 5.74) is 0.222. The summed E-state index contributed by atoms with van der Waals surface area (Å²) in [6, 6.07) is 1.82. The van der Waals surface area contributed by atoms with Crippen LogP contribution in [0.1, 0.15) is 5.56 Å². The van der Waals surface area contributed by atoms with Gasteiger partial charge in [0.25, 0.3) is 0 Å². The second-order valence-corrected chi connectivity index (χ2v) is 5.09. The number of rotatable bonds is 3. The predicted molar refractivity (Wildman–Crippen MR) is 50.3 cm³/mol. The lowest BCUT2D eigenvalue weighted by Gasteiger charge is -2.05. The highest BCUT2D eigenvalue weighted by Gasteiger charge is 2.20. The van der Waals surface area contributed by atoms with Gasteiger partial charge >= 0.3 is 0 Å². The van der Waals surface area contributed by atoms with E-state index in [1.165, 1.54) is 0 Å². The van der Waals surface area contributed by atoms with Gasteiger partial charge < -0.3 is 5.11 Å². The molecule has 0 fully saturated rings. The lowest BCUT2D eigenvalue weighted by molar-refractivity contribution is 0.299. The summed E-state index contributed by atoms with van der Waals surface area (Å²) in [7, 11) is -3.91. The van der Waals surface area contributed by atoms with Crippen LogP contribution in [0.15, 0.2) is 17.0 Å². The van der Waals surface area contributed by atoms with Crippen molar-refractivity contribution in [2.24, 2.45) is 0 Å². The molecule has 0 saturated carbocycles. The van der Waals surface area contributed by atoms with Crippen molar-refractivity contribution in [1.29, 1.82) is 0 Å². The van der Waals surface area contributed by atoms with Gasteiger partial charge in [-0.25, -0.2) is 17.2 Å². The Morgan fingerprint density at radius 3 is 2.07 bits per heavy atom. The maximum atomic E-state index is 13.2. The molecule has 0 aliphatic heterocycles. The van der Waals surface area contributed by atoms with E-state index >= 15 is 0 Å². The minimum Gasteiger partial charge on any atom is -0.396 e. The molecular formula is C9H10F2O3S. The van der Waals surface area contributed by atoms with Crippen LogP contribution >= 0.6 is 0 Å².